The lowest BCUT2D eigenvalue weighted by Gasteiger charge is -2.17. The zero-order chi connectivity index (χ0) is 21.8. The van der Waals surface area contributed by atoms with Gasteiger partial charge in [0.2, 0.25) is 0 Å². The molecule has 4 rings (SSSR count). The number of carbonyl (C=O) groups excluding carboxylic acids is 1. The number of anilines is 1. The Morgan fingerprint density at radius 2 is 2.10 bits per heavy atom. The molecule has 0 radical (unpaired) electrons. The molecule has 2 aromatic heterocycles. The van der Waals surface area contributed by atoms with Crippen molar-refractivity contribution in [1.82, 2.24) is 9.88 Å². The molecule has 6 nitrogen and oxygen atoms in total. The molecule has 0 aliphatic heterocycles. The van der Waals surface area contributed by atoms with E-state index in [1.807, 2.05) is 30.5 Å². The molecule has 31 heavy (non-hydrogen) atoms. The minimum Gasteiger partial charge on any atom is -0.411 e. The van der Waals surface area contributed by atoms with E-state index in [2.05, 4.69) is 34.2 Å². The molecule has 0 saturated carbocycles. The highest BCUT2D eigenvalue weighted by molar-refractivity contribution is 7.23. The molecule has 2 N–H and O–H groups in total. The van der Waals surface area contributed by atoms with Gasteiger partial charge >= 0.3 is 0 Å². The van der Waals surface area contributed by atoms with E-state index in [4.69, 9.17) is 0 Å². The molecule has 0 spiro atoms. The molecule has 0 saturated heterocycles. The number of hydrogen-bond donors (Lipinski definition) is 2. The topological polar surface area (TPSA) is 77.8 Å². The van der Waals surface area contributed by atoms with Crippen molar-refractivity contribution in [2.75, 3.05) is 31.5 Å². The number of aryl methyl sites for hydroxylation is 1. The van der Waals surface area contributed by atoms with Crippen LogP contribution >= 0.6 is 11.3 Å². The standard InChI is InChI=1S/C24H28N4O2S/c1-3-28(4-2)13-5-11-26-24-22(19-10-12-25-15-21(19)31-24)23(29)17-6-8-18-16(14-17)7-9-20(18)27-30/h6,8,10,12,14-15,26,30H,3-5,7,9,11,13H2,1-2H3. The summed E-state index contributed by atoms with van der Waals surface area (Å²) in [5.41, 5.74) is 4.08. The van der Waals surface area contributed by atoms with Gasteiger partial charge in [-0.3, -0.25) is 9.78 Å². The van der Waals surface area contributed by atoms with Gasteiger partial charge in [-0.25, -0.2) is 0 Å². The lowest BCUT2D eigenvalue weighted by molar-refractivity contribution is 0.104. The van der Waals surface area contributed by atoms with Gasteiger partial charge in [-0.05, 0) is 56.6 Å². The van der Waals surface area contributed by atoms with Gasteiger partial charge in [-0.15, -0.1) is 11.3 Å². The second-order valence-electron chi connectivity index (χ2n) is 7.73. The van der Waals surface area contributed by atoms with Crippen LogP contribution in [0.25, 0.3) is 10.1 Å². The third-order valence-corrected chi connectivity index (χ3v) is 7.08. The van der Waals surface area contributed by atoms with Crippen LogP contribution in [0.1, 0.15) is 53.7 Å². The number of nitrogens with one attached hydrogen (secondary N) is 1. The summed E-state index contributed by atoms with van der Waals surface area (Å²) in [7, 11) is 0. The van der Waals surface area contributed by atoms with Crippen molar-refractivity contribution in [2.24, 2.45) is 5.16 Å². The molecule has 162 valence electrons. The fourth-order valence-corrected chi connectivity index (χ4v) is 5.30. The molecule has 1 aliphatic carbocycles. The first kappa shape index (κ1) is 21.5. The van der Waals surface area contributed by atoms with Gasteiger partial charge in [-0.1, -0.05) is 31.1 Å². The van der Waals surface area contributed by atoms with Gasteiger partial charge in [0.05, 0.1) is 16.0 Å². The fraction of sp³-hybridized carbons (Fsp3) is 0.375. The lowest BCUT2D eigenvalue weighted by Crippen LogP contribution is -2.25. The Kier molecular flexibility index (Phi) is 6.63. The Morgan fingerprint density at radius 1 is 1.26 bits per heavy atom. The van der Waals surface area contributed by atoms with E-state index < -0.39 is 0 Å². The highest BCUT2D eigenvalue weighted by Gasteiger charge is 2.24. The summed E-state index contributed by atoms with van der Waals surface area (Å²) in [6.45, 7) is 8.32. The maximum absolute atomic E-state index is 13.6. The molecule has 0 atom stereocenters. The van der Waals surface area contributed by atoms with Gasteiger partial charge in [0.15, 0.2) is 5.78 Å². The van der Waals surface area contributed by atoms with Crippen molar-refractivity contribution < 1.29 is 10.0 Å². The van der Waals surface area contributed by atoms with Crippen molar-refractivity contribution >= 4 is 37.9 Å². The summed E-state index contributed by atoms with van der Waals surface area (Å²) in [6, 6.07) is 7.61. The fourth-order valence-electron chi connectivity index (χ4n) is 4.20. The quantitative estimate of drug-likeness (QED) is 0.218. The Hall–Kier alpha value is -2.77. The smallest absolute Gasteiger partial charge is 0.196 e. The number of fused-ring (bicyclic) bond motifs is 2. The van der Waals surface area contributed by atoms with E-state index in [0.717, 1.165) is 70.8 Å². The number of thiophene rings is 1. The average molecular weight is 437 g/mol. The minimum atomic E-state index is 0.0147. The molecular formula is C24H28N4O2S. The molecule has 0 bridgehead atoms. The minimum absolute atomic E-state index is 0.0147. The molecule has 0 amide bonds. The number of aromatic nitrogens is 1. The molecule has 0 fully saturated rings. The highest BCUT2D eigenvalue weighted by Crippen LogP contribution is 2.37. The van der Waals surface area contributed by atoms with E-state index >= 15 is 0 Å². The lowest BCUT2D eigenvalue weighted by atomic mass is 9.98. The maximum atomic E-state index is 13.6. The molecular weight excluding hydrogens is 408 g/mol. The second-order valence-corrected chi connectivity index (χ2v) is 8.79. The van der Waals surface area contributed by atoms with Crippen molar-refractivity contribution in [3.63, 3.8) is 0 Å². The first-order valence-corrected chi connectivity index (χ1v) is 11.7. The van der Waals surface area contributed by atoms with Gasteiger partial charge in [0.1, 0.15) is 5.00 Å². The Labute approximate surface area is 186 Å². The summed E-state index contributed by atoms with van der Waals surface area (Å²) < 4.78 is 1.01. The van der Waals surface area contributed by atoms with E-state index in [1.165, 1.54) is 0 Å². The number of rotatable bonds is 9. The van der Waals surface area contributed by atoms with Crippen LogP contribution in [0.2, 0.25) is 0 Å². The average Bonchev–Trinajstić information content (AvgIpc) is 3.39. The van der Waals surface area contributed by atoms with E-state index in [1.54, 1.807) is 17.5 Å². The number of pyridine rings is 1. The summed E-state index contributed by atoms with van der Waals surface area (Å²) in [6.07, 6.45) is 6.08. The molecule has 2 heterocycles. The number of nitrogens with zero attached hydrogens (tertiary/aromatic N) is 3. The Morgan fingerprint density at radius 3 is 2.87 bits per heavy atom. The predicted octanol–water partition coefficient (Wildman–Crippen LogP) is 4.80. The third-order valence-electron chi connectivity index (χ3n) is 5.98. The van der Waals surface area contributed by atoms with Gasteiger partial charge in [-0.2, -0.15) is 0 Å². The van der Waals surface area contributed by atoms with Crippen LogP contribution in [0.5, 0.6) is 0 Å². The first-order chi connectivity index (χ1) is 15.2. The van der Waals surface area contributed by atoms with E-state index in [9.17, 15) is 10.0 Å². The number of oxime groups is 1. The number of carbonyl (C=O) groups is 1. The number of hydrogen-bond acceptors (Lipinski definition) is 7. The van der Waals surface area contributed by atoms with Crippen LogP contribution in [0.4, 0.5) is 5.00 Å². The SMILES string of the molecule is CCN(CC)CCCNc1sc2cnccc2c1C(=O)c1ccc2c(c1)CCC2=NO. The van der Waals surface area contributed by atoms with Gasteiger partial charge in [0, 0.05) is 35.5 Å². The zero-order valence-electron chi connectivity index (χ0n) is 18.0. The van der Waals surface area contributed by atoms with Gasteiger partial charge < -0.3 is 15.4 Å². The molecule has 7 heteroatoms. The molecule has 0 unspecified atom stereocenters. The largest absolute Gasteiger partial charge is 0.411 e. The monoisotopic (exact) mass is 436 g/mol. The molecule has 3 aromatic rings. The van der Waals surface area contributed by atoms with Gasteiger partial charge in [0.25, 0.3) is 0 Å². The number of ketones is 1. The summed E-state index contributed by atoms with van der Waals surface area (Å²) in [5.74, 6) is 0.0147. The van der Waals surface area contributed by atoms with Crippen molar-refractivity contribution in [1.29, 1.82) is 0 Å². The Bertz CT molecular complexity index is 1120. The van der Waals surface area contributed by atoms with Crippen LogP contribution in [0, 0.1) is 0 Å². The van der Waals surface area contributed by atoms with E-state index in [0.29, 0.717) is 17.7 Å². The van der Waals surface area contributed by atoms with E-state index in [-0.39, 0.29) is 5.78 Å². The van der Waals surface area contributed by atoms with Crippen molar-refractivity contribution in [3.05, 3.63) is 58.9 Å². The predicted molar refractivity (Wildman–Crippen MR) is 127 cm³/mol. The molecule has 1 aliphatic rings. The van der Waals surface area contributed by atoms with Crippen LogP contribution in [0.3, 0.4) is 0 Å². The summed E-state index contributed by atoms with van der Waals surface area (Å²) in [4.78, 5) is 20.2. The first-order valence-electron chi connectivity index (χ1n) is 10.9. The van der Waals surface area contributed by atoms with Crippen molar-refractivity contribution in [3.8, 4) is 0 Å². The van der Waals surface area contributed by atoms with Crippen LogP contribution in [0.15, 0.2) is 41.8 Å². The normalized spacial score (nSPS) is 14.5. The van der Waals surface area contributed by atoms with Crippen LogP contribution in [-0.2, 0) is 6.42 Å². The molecule has 1 aromatic carbocycles. The highest BCUT2D eigenvalue weighted by atomic mass is 32.1. The van der Waals surface area contributed by atoms with Crippen molar-refractivity contribution in [2.45, 2.75) is 33.1 Å². The number of benzene rings is 1. The summed E-state index contributed by atoms with van der Waals surface area (Å²) >= 11 is 1.59. The second kappa shape index (κ2) is 9.58. The van der Waals surface area contributed by atoms with Crippen LogP contribution < -0.4 is 5.32 Å². The zero-order valence-corrected chi connectivity index (χ0v) is 18.8. The Balaban J connectivity index is 1.60. The van der Waals surface area contributed by atoms with Crippen LogP contribution in [-0.4, -0.2) is 52.8 Å². The third kappa shape index (κ3) is 4.34. The maximum Gasteiger partial charge on any atom is 0.196 e. The summed E-state index contributed by atoms with van der Waals surface area (Å²) in [5, 5.41) is 17.9.